The molecule has 4 bridgehead atoms. The van der Waals surface area contributed by atoms with E-state index in [-0.39, 0.29) is 5.41 Å². The summed E-state index contributed by atoms with van der Waals surface area (Å²) in [5, 5.41) is 7.75. The minimum Gasteiger partial charge on any atom is -0.310 e. The van der Waals surface area contributed by atoms with Crippen molar-refractivity contribution in [2.75, 3.05) is 4.90 Å². The van der Waals surface area contributed by atoms with Crippen molar-refractivity contribution in [2.45, 2.75) is 37.5 Å². The zero-order valence-corrected chi connectivity index (χ0v) is 34.7. The van der Waals surface area contributed by atoms with Gasteiger partial charge in [-0.2, -0.15) is 0 Å². The largest absolute Gasteiger partial charge is 0.310 e. The van der Waals surface area contributed by atoms with Gasteiger partial charge in [-0.3, -0.25) is 0 Å². The summed E-state index contributed by atoms with van der Waals surface area (Å²) in [6, 6.07) is 73.3. The summed E-state index contributed by atoms with van der Waals surface area (Å²) in [6.45, 7) is 0. The van der Waals surface area contributed by atoms with Crippen LogP contribution in [0.3, 0.4) is 0 Å². The first-order chi connectivity index (χ1) is 30.7. The van der Waals surface area contributed by atoms with E-state index in [0.29, 0.717) is 11.8 Å². The SMILES string of the molecule is c1cc(-c2cc3c4c(c2)c2ccccc2n4-c2ccccc2C32C3CC4CC(C3)CC2C4)cc(N(c2ccc(-c3cccc4ccccc34)cc2)c2cccc3ccccc23)c1. The van der Waals surface area contributed by atoms with Crippen LogP contribution in [0.15, 0.2) is 194 Å². The molecule has 5 aliphatic rings. The van der Waals surface area contributed by atoms with Crippen molar-refractivity contribution in [2.24, 2.45) is 23.7 Å². The molecule has 4 fully saturated rings. The van der Waals surface area contributed by atoms with Gasteiger partial charge in [0, 0.05) is 32.9 Å². The van der Waals surface area contributed by atoms with E-state index in [1.807, 2.05) is 0 Å². The number of hydrogen-bond donors (Lipinski definition) is 0. The Labute approximate surface area is 362 Å². The van der Waals surface area contributed by atoms with Gasteiger partial charge in [0.2, 0.25) is 0 Å². The average molecular weight is 795 g/mol. The second kappa shape index (κ2) is 13.1. The predicted molar refractivity (Wildman–Crippen MR) is 259 cm³/mol. The summed E-state index contributed by atoms with van der Waals surface area (Å²) in [6.07, 6.45) is 6.90. The molecule has 2 nitrogen and oxygen atoms in total. The van der Waals surface area contributed by atoms with Gasteiger partial charge in [-0.15, -0.1) is 0 Å². The Morgan fingerprint density at radius 2 is 1.06 bits per heavy atom. The van der Waals surface area contributed by atoms with Crippen LogP contribution < -0.4 is 4.90 Å². The van der Waals surface area contributed by atoms with Crippen molar-refractivity contribution in [3.63, 3.8) is 0 Å². The topological polar surface area (TPSA) is 8.17 Å². The molecule has 1 spiro atoms. The number of anilines is 3. The smallest absolute Gasteiger partial charge is 0.0582 e. The summed E-state index contributed by atoms with van der Waals surface area (Å²) >= 11 is 0. The molecule has 62 heavy (non-hydrogen) atoms. The molecule has 4 aliphatic carbocycles. The highest BCUT2D eigenvalue weighted by Gasteiger charge is 2.61. The molecule has 2 heterocycles. The minimum absolute atomic E-state index is 0.0288. The van der Waals surface area contributed by atoms with Gasteiger partial charge in [0.25, 0.3) is 0 Å². The molecule has 0 radical (unpaired) electrons. The molecule has 4 saturated carbocycles. The van der Waals surface area contributed by atoms with E-state index in [1.54, 1.807) is 11.1 Å². The van der Waals surface area contributed by atoms with Crippen LogP contribution >= 0.6 is 0 Å². The van der Waals surface area contributed by atoms with E-state index in [0.717, 1.165) is 23.2 Å². The zero-order chi connectivity index (χ0) is 40.5. The monoisotopic (exact) mass is 794 g/mol. The minimum atomic E-state index is 0.0288. The lowest BCUT2D eigenvalue weighted by molar-refractivity contribution is -0.0418. The van der Waals surface area contributed by atoms with E-state index >= 15 is 0 Å². The third-order valence-corrected chi connectivity index (χ3v) is 15.9. The number of para-hydroxylation sites is 2. The third kappa shape index (κ3) is 4.81. The highest BCUT2D eigenvalue weighted by atomic mass is 15.1. The first-order valence-corrected chi connectivity index (χ1v) is 22.8. The van der Waals surface area contributed by atoms with Gasteiger partial charge in [0.05, 0.1) is 22.4 Å². The third-order valence-electron chi connectivity index (χ3n) is 15.9. The molecule has 0 N–H and O–H groups in total. The number of nitrogens with zero attached hydrogens (tertiary/aromatic N) is 2. The number of hydrogen-bond acceptors (Lipinski definition) is 1. The number of fused-ring (bicyclic) bond motifs is 7. The molecule has 15 rings (SSSR count). The van der Waals surface area contributed by atoms with Crippen LogP contribution in [-0.4, -0.2) is 4.57 Å². The van der Waals surface area contributed by atoms with Gasteiger partial charge in [0.15, 0.2) is 0 Å². The molecule has 10 aromatic rings. The first kappa shape index (κ1) is 34.8. The van der Waals surface area contributed by atoms with Gasteiger partial charge < -0.3 is 9.47 Å². The number of aromatic nitrogens is 1. The quantitative estimate of drug-likeness (QED) is 0.168. The van der Waals surface area contributed by atoms with Gasteiger partial charge in [-0.1, -0.05) is 140 Å². The van der Waals surface area contributed by atoms with Crippen LogP contribution in [0, 0.1) is 23.7 Å². The fourth-order valence-corrected chi connectivity index (χ4v) is 13.7. The average Bonchev–Trinajstić information content (AvgIpc) is 3.66. The fourth-order valence-electron chi connectivity index (χ4n) is 13.7. The van der Waals surface area contributed by atoms with Gasteiger partial charge in [-0.05, 0) is 160 Å². The van der Waals surface area contributed by atoms with Crippen LogP contribution in [0.1, 0.15) is 43.2 Å². The maximum Gasteiger partial charge on any atom is 0.0582 e. The fraction of sp³-hybridized carbons (Fsp3) is 0.167. The Kier molecular flexibility index (Phi) is 7.32. The van der Waals surface area contributed by atoms with Gasteiger partial charge in [0.1, 0.15) is 0 Å². The summed E-state index contributed by atoms with van der Waals surface area (Å²) in [5.41, 5.74) is 15.9. The van der Waals surface area contributed by atoms with Crippen LogP contribution in [0.2, 0.25) is 0 Å². The second-order valence-corrected chi connectivity index (χ2v) is 18.9. The van der Waals surface area contributed by atoms with Crippen LogP contribution in [0.5, 0.6) is 0 Å². The molecule has 9 aromatic carbocycles. The van der Waals surface area contributed by atoms with Crippen LogP contribution in [-0.2, 0) is 5.41 Å². The Bertz CT molecular complexity index is 3400. The van der Waals surface area contributed by atoms with Crippen molar-refractivity contribution in [3.05, 3.63) is 205 Å². The predicted octanol–water partition coefficient (Wildman–Crippen LogP) is 15.9. The van der Waals surface area contributed by atoms with E-state index in [4.69, 9.17) is 0 Å². The van der Waals surface area contributed by atoms with Gasteiger partial charge >= 0.3 is 0 Å². The number of rotatable bonds is 5. The lowest BCUT2D eigenvalue weighted by Crippen LogP contribution is -2.57. The highest BCUT2D eigenvalue weighted by Crippen LogP contribution is 2.68. The second-order valence-electron chi connectivity index (χ2n) is 18.9. The van der Waals surface area contributed by atoms with Crippen molar-refractivity contribution < 1.29 is 0 Å². The molecule has 2 heteroatoms. The molecule has 296 valence electrons. The van der Waals surface area contributed by atoms with Crippen molar-refractivity contribution >= 4 is 60.4 Å². The van der Waals surface area contributed by atoms with E-state index in [9.17, 15) is 0 Å². The molecular formula is C60H46N2. The van der Waals surface area contributed by atoms with Gasteiger partial charge in [-0.25, -0.2) is 0 Å². The summed E-state index contributed by atoms with van der Waals surface area (Å²) < 4.78 is 2.63. The van der Waals surface area contributed by atoms with Crippen molar-refractivity contribution in [3.8, 4) is 27.9 Å². The lowest BCUT2D eigenvalue weighted by atomic mass is 9.41. The Balaban J connectivity index is 0.978. The Morgan fingerprint density at radius 1 is 0.419 bits per heavy atom. The Hall–Kier alpha value is -6.90. The molecule has 1 aromatic heterocycles. The molecule has 0 saturated heterocycles. The van der Waals surface area contributed by atoms with Crippen LogP contribution in [0.25, 0.3) is 71.3 Å². The highest BCUT2D eigenvalue weighted by molar-refractivity contribution is 6.13. The first-order valence-electron chi connectivity index (χ1n) is 22.8. The zero-order valence-electron chi connectivity index (χ0n) is 34.7. The van der Waals surface area contributed by atoms with Crippen molar-refractivity contribution in [1.29, 1.82) is 0 Å². The Morgan fingerprint density at radius 3 is 1.87 bits per heavy atom. The molecule has 0 amide bonds. The lowest BCUT2D eigenvalue weighted by Gasteiger charge is -2.63. The maximum atomic E-state index is 2.66. The van der Waals surface area contributed by atoms with Crippen molar-refractivity contribution in [1.82, 2.24) is 4.57 Å². The van der Waals surface area contributed by atoms with E-state index in [1.165, 1.54) is 109 Å². The summed E-state index contributed by atoms with van der Waals surface area (Å²) in [5.74, 6) is 3.13. The summed E-state index contributed by atoms with van der Waals surface area (Å²) in [7, 11) is 0. The number of benzene rings is 9. The molecular weight excluding hydrogens is 749 g/mol. The molecule has 0 atom stereocenters. The van der Waals surface area contributed by atoms with E-state index < -0.39 is 0 Å². The van der Waals surface area contributed by atoms with E-state index in [2.05, 4.69) is 204 Å². The van der Waals surface area contributed by atoms with Crippen LogP contribution in [0.4, 0.5) is 17.1 Å². The molecule has 1 aliphatic heterocycles. The summed E-state index contributed by atoms with van der Waals surface area (Å²) in [4.78, 5) is 2.47. The normalized spacial score (nSPS) is 21.9. The molecule has 0 unspecified atom stereocenters. The standard InChI is InChI=1S/C60H46N2/c1-3-18-49-40(12-1)14-10-21-50(49)42-26-28-47(29-27-42)61(56-25-11-15-41-13-2-4-19-51(41)56)48-17-9-16-43(35-48)44-36-53-52-20-5-7-23-57(52)62-58-24-8-6-22-54(58)60(55(37-44)59(53)62)45-31-38-30-39(33-45)34-46(60)32-38/h1-29,35-39,45-46H,30-34H2. The maximum absolute atomic E-state index is 2.66.